The molecule has 1 aromatic carbocycles. The summed E-state index contributed by atoms with van der Waals surface area (Å²) in [6, 6.07) is 5.97. The summed E-state index contributed by atoms with van der Waals surface area (Å²) in [5.41, 5.74) is 0.667. The number of carbonyl (C=O) groups is 2. The molecule has 0 aliphatic carbocycles. The highest BCUT2D eigenvalue weighted by molar-refractivity contribution is 5.93. The molecule has 2 aliphatic rings. The van der Waals surface area contributed by atoms with Gasteiger partial charge in [0.05, 0.1) is 31.5 Å². The molecule has 7 heteroatoms. The molecule has 4 atom stereocenters. The maximum absolute atomic E-state index is 12.1. The molecule has 1 N–H and O–H groups in total. The molecule has 2 saturated heterocycles. The number of ether oxygens (including phenoxy) is 4. The van der Waals surface area contributed by atoms with Gasteiger partial charge in [-0.05, 0) is 24.3 Å². The molecule has 0 radical (unpaired) electrons. The Morgan fingerprint density at radius 3 is 2.27 bits per heavy atom. The minimum absolute atomic E-state index is 0.178. The number of aliphatic hydroxyl groups is 1. The van der Waals surface area contributed by atoms with Crippen molar-refractivity contribution in [3.63, 3.8) is 0 Å². The average Bonchev–Trinajstić information content (AvgIpc) is 3.11. The van der Waals surface area contributed by atoms with Gasteiger partial charge in [-0.2, -0.15) is 0 Å². The Balaban J connectivity index is 1.64. The van der Waals surface area contributed by atoms with Crippen LogP contribution < -0.4 is 0 Å². The van der Waals surface area contributed by atoms with Crippen molar-refractivity contribution in [2.24, 2.45) is 0 Å². The first-order valence-electron chi connectivity index (χ1n) is 6.91. The van der Waals surface area contributed by atoms with Crippen LogP contribution in [0.4, 0.5) is 0 Å². The average molecular weight is 308 g/mol. The minimum Gasteiger partial charge on any atom is -0.465 e. The lowest BCUT2D eigenvalue weighted by Crippen LogP contribution is -2.34. The normalized spacial score (nSPS) is 29.9. The van der Waals surface area contributed by atoms with Gasteiger partial charge in [0.2, 0.25) is 0 Å². The molecule has 0 saturated carbocycles. The molecule has 2 aliphatic heterocycles. The number of methoxy groups -OCH3 is 1. The number of esters is 2. The number of carbonyl (C=O) groups excluding carboxylic acids is 2. The Bertz CT molecular complexity index is 568. The van der Waals surface area contributed by atoms with Gasteiger partial charge in [0.15, 0.2) is 6.10 Å². The number of fused-ring (bicyclic) bond motifs is 1. The second kappa shape index (κ2) is 6.04. The van der Waals surface area contributed by atoms with E-state index in [0.29, 0.717) is 11.1 Å². The van der Waals surface area contributed by atoms with Crippen molar-refractivity contribution >= 4 is 11.9 Å². The number of hydrogen-bond donors (Lipinski definition) is 1. The molecule has 0 spiro atoms. The third-order valence-electron chi connectivity index (χ3n) is 3.78. The second-order valence-corrected chi connectivity index (χ2v) is 5.18. The highest BCUT2D eigenvalue weighted by atomic mass is 16.6. The van der Waals surface area contributed by atoms with E-state index in [2.05, 4.69) is 4.74 Å². The van der Waals surface area contributed by atoms with E-state index in [9.17, 15) is 14.7 Å². The van der Waals surface area contributed by atoms with E-state index >= 15 is 0 Å². The quantitative estimate of drug-likeness (QED) is 0.795. The third-order valence-corrected chi connectivity index (χ3v) is 3.78. The maximum atomic E-state index is 12.1. The molecular formula is C15H16O7. The van der Waals surface area contributed by atoms with E-state index in [4.69, 9.17) is 14.2 Å². The lowest BCUT2D eigenvalue weighted by molar-refractivity contribution is -0.0209. The van der Waals surface area contributed by atoms with Crippen LogP contribution in [0.25, 0.3) is 0 Å². The van der Waals surface area contributed by atoms with Crippen molar-refractivity contribution in [3.8, 4) is 0 Å². The second-order valence-electron chi connectivity index (χ2n) is 5.18. The number of aliphatic hydroxyl groups excluding tert-OH is 1. The van der Waals surface area contributed by atoms with Gasteiger partial charge >= 0.3 is 11.9 Å². The molecule has 22 heavy (non-hydrogen) atoms. The Labute approximate surface area is 126 Å². The fraction of sp³-hybridized carbons (Fsp3) is 0.467. The molecule has 2 fully saturated rings. The fourth-order valence-electron chi connectivity index (χ4n) is 2.61. The lowest BCUT2D eigenvalue weighted by atomic mass is 10.1. The summed E-state index contributed by atoms with van der Waals surface area (Å²) < 4.78 is 20.7. The van der Waals surface area contributed by atoms with Crippen LogP contribution in [-0.4, -0.2) is 61.8 Å². The zero-order valence-corrected chi connectivity index (χ0v) is 11.9. The number of rotatable bonds is 3. The van der Waals surface area contributed by atoms with Gasteiger partial charge in [-0.3, -0.25) is 0 Å². The Kier molecular flexibility index (Phi) is 4.10. The van der Waals surface area contributed by atoms with E-state index in [-0.39, 0.29) is 13.2 Å². The molecule has 3 rings (SSSR count). The zero-order valence-electron chi connectivity index (χ0n) is 11.9. The van der Waals surface area contributed by atoms with Crippen LogP contribution in [-0.2, 0) is 18.9 Å². The van der Waals surface area contributed by atoms with E-state index in [1.54, 1.807) is 0 Å². The predicted octanol–water partition coefficient (Wildman–Crippen LogP) is 0.157. The van der Waals surface area contributed by atoms with Crippen LogP contribution in [0.15, 0.2) is 24.3 Å². The summed E-state index contributed by atoms with van der Waals surface area (Å²) in [5, 5.41) is 9.64. The molecule has 0 amide bonds. The van der Waals surface area contributed by atoms with Crippen LogP contribution >= 0.6 is 0 Å². The van der Waals surface area contributed by atoms with Crippen LogP contribution in [0.5, 0.6) is 0 Å². The van der Waals surface area contributed by atoms with E-state index in [1.807, 2.05) is 0 Å². The monoisotopic (exact) mass is 308 g/mol. The molecule has 1 aromatic rings. The highest BCUT2D eigenvalue weighted by Gasteiger charge is 2.48. The summed E-state index contributed by atoms with van der Waals surface area (Å²) in [7, 11) is 1.29. The molecular weight excluding hydrogens is 292 g/mol. The summed E-state index contributed by atoms with van der Waals surface area (Å²) in [4.78, 5) is 23.4. The molecule has 4 unspecified atom stereocenters. The largest absolute Gasteiger partial charge is 0.465 e. The Morgan fingerprint density at radius 1 is 1.05 bits per heavy atom. The summed E-state index contributed by atoms with van der Waals surface area (Å²) >= 11 is 0. The van der Waals surface area contributed by atoms with Crippen molar-refractivity contribution in [1.82, 2.24) is 0 Å². The Hall–Kier alpha value is -1.96. The maximum Gasteiger partial charge on any atom is 0.338 e. The molecule has 7 nitrogen and oxygen atoms in total. The summed E-state index contributed by atoms with van der Waals surface area (Å²) in [6.07, 6.45) is -2.12. The SMILES string of the molecule is COC(=O)c1ccc(C(=O)OC2COC3C(O)COC23)cc1. The molecule has 0 bridgehead atoms. The van der Waals surface area contributed by atoms with Gasteiger partial charge in [-0.1, -0.05) is 0 Å². The van der Waals surface area contributed by atoms with Crippen LogP contribution in [0, 0.1) is 0 Å². The molecule has 0 aromatic heterocycles. The van der Waals surface area contributed by atoms with Crippen LogP contribution in [0.1, 0.15) is 20.7 Å². The number of benzene rings is 1. The summed E-state index contributed by atoms with van der Waals surface area (Å²) in [6.45, 7) is 0.371. The van der Waals surface area contributed by atoms with Crippen molar-refractivity contribution in [3.05, 3.63) is 35.4 Å². The first-order valence-corrected chi connectivity index (χ1v) is 6.91. The highest BCUT2D eigenvalue weighted by Crippen LogP contribution is 2.29. The first kappa shape index (κ1) is 15.0. The smallest absolute Gasteiger partial charge is 0.338 e. The van der Waals surface area contributed by atoms with Gasteiger partial charge < -0.3 is 24.1 Å². The van der Waals surface area contributed by atoms with Crippen molar-refractivity contribution < 1.29 is 33.6 Å². The summed E-state index contributed by atoms with van der Waals surface area (Å²) in [5.74, 6) is -1.00. The predicted molar refractivity (Wildman–Crippen MR) is 72.5 cm³/mol. The molecule has 118 valence electrons. The first-order chi connectivity index (χ1) is 10.6. The standard InChI is InChI=1S/C15H16O7/c1-19-14(17)8-2-4-9(5-3-8)15(18)22-11-7-21-12-10(16)6-20-13(11)12/h2-5,10-13,16H,6-7H2,1H3. The van der Waals surface area contributed by atoms with Gasteiger partial charge in [0.1, 0.15) is 18.3 Å². The van der Waals surface area contributed by atoms with Gasteiger partial charge in [0.25, 0.3) is 0 Å². The van der Waals surface area contributed by atoms with Crippen molar-refractivity contribution in [1.29, 1.82) is 0 Å². The lowest BCUT2D eigenvalue weighted by Gasteiger charge is -2.16. The zero-order chi connectivity index (χ0) is 15.7. The van der Waals surface area contributed by atoms with Crippen molar-refractivity contribution in [2.45, 2.75) is 24.4 Å². The third kappa shape index (κ3) is 2.70. The van der Waals surface area contributed by atoms with Crippen molar-refractivity contribution in [2.75, 3.05) is 20.3 Å². The van der Waals surface area contributed by atoms with E-state index in [1.165, 1.54) is 31.4 Å². The van der Waals surface area contributed by atoms with Crippen LogP contribution in [0.2, 0.25) is 0 Å². The van der Waals surface area contributed by atoms with Crippen LogP contribution in [0.3, 0.4) is 0 Å². The Morgan fingerprint density at radius 2 is 1.64 bits per heavy atom. The van der Waals surface area contributed by atoms with E-state index < -0.39 is 36.4 Å². The fourth-order valence-corrected chi connectivity index (χ4v) is 2.61. The van der Waals surface area contributed by atoms with E-state index in [0.717, 1.165) is 0 Å². The topological polar surface area (TPSA) is 91.3 Å². The number of hydrogen-bond acceptors (Lipinski definition) is 7. The van der Waals surface area contributed by atoms with Gasteiger partial charge in [-0.15, -0.1) is 0 Å². The minimum atomic E-state index is -0.687. The molecule has 2 heterocycles. The van der Waals surface area contributed by atoms with Gasteiger partial charge in [-0.25, -0.2) is 9.59 Å². The van der Waals surface area contributed by atoms with Gasteiger partial charge in [0, 0.05) is 0 Å².